The summed E-state index contributed by atoms with van der Waals surface area (Å²) < 4.78 is 49.5. The van der Waals surface area contributed by atoms with Gasteiger partial charge in [-0.2, -0.15) is 13.2 Å². The van der Waals surface area contributed by atoms with Crippen molar-refractivity contribution in [1.82, 2.24) is 10.2 Å². The van der Waals surface area contributed by atoms with Crippen molar-refractivity contribution in [2.24, 2.45) is 5.92 Å². The van der Waals surface area contributed by atoms with Gasteiger partial charge in [0.15, 0.2) is 0 Å². The van der Waals surface area contributed by atoms with Crippen LogP contribution in [0.2, 0.25) is 0 Å². The number of benzene rings is 1. The zero-order valence-corrected chi connectivity index (χ0v) is 15.4. The Morgan fingerprint density at radius 1 is 1.39 bits per heavy atom. The molecule has 1 heterocycles. The first-order valence-electron chi connectivity index (χ1n) is 8.81. The number of ether oxygens (including phenoxy) is 2. The zero-order chi connectivity index (χ0) is 20.7. The number of halogens is 3. The van der Waals surface area contributed by atoms with E-state index in [-0.39, 0.29) is 25.6 Å². The second-order valence-corrected chi connectivity index (χ2v) is 6.46. The largest absolute Gasteiger partial charge is 0.465 e. The number of carboxylic acid groups (broad SMARTS) is 1. The molecule has 0 radical (unpaired) electrons. The molecule has 1 aromatic rings. The molecule has 0 aromatic heterocycles. The minimum absolute atomic E-state index is 0.0413. The number of alkyl halides is 3. The highest BCUT2D eigenvalue weighted by Gasteiger charge is 2.34. The van der Waals surface area contributed by atoms with Gasteiger partial charge in [0.25, 0.3) is 0 Å². The number of amides is 2. The standard InChI is InChI=1S/C18H23F3N2O5/c1-27-16(24)22-7-9-28-15(13-5-3-8-23(11-13)17(25)26)12-4-2-6-14(10-12)18(19,20)21/h2,4,6,10,13,15H,3,5,7-9,11H2,1H3,(H,22,24)(H,25,26). The molecule has 0 bridgehead atoms. The Balaban J connectivity index is 2.18. The first kappa shape index (κ1) is 21.8. The van der Waals surface area contributed by atoms with Crippen molar-refractivity contribution in [2.75, 3.05) is 33.4 Å². The van der Waals surface area contributed by atoms with Crippen molar-refractivity contribution in [3.8, 4) is 0 Å². The number of hydrogen-bond donors (Lipinski definition) is 2. The van der Waals surface area contributed by atoms with Gasteiger partial charge >= 0.3 is 18.4 Å². The van der Waals surface area contributed by atoms with E-state index in [1.54, 1.807) is 0 Å². The van der Waals surface area contributed by atoms with Gasteiger partial charge in [0, 0.05) is 25.6 Å². The van der Waals surface area contributed by atoms with Crippen LogP contribution in [0.3, 0.4) is 0 Å². The van der Waals surface area contributed by atoms with Gasteiger partial charge in [-0.15, -0.1) is 0 Å². The molecule has 156 valence electrons. The Morgan fingerprint density at radius 2 is 2.14 bits per heavy atom. The van der Waals surface area contributed by atoms with E-state index in [1.165, 1.54) is 24.1 Å². The molecule has 2 rings (SSSR count). The summed E-state index contributed by atoms with van der Waals surface area (Å²) in [6.07, 6.45) is -5.73. The van der Waals surface area contributed by atoms with Crippen molar-refractivity contribution in [2.45, 2.75) is 25.1 Å². The molecular formula is C18H23F3N2O5. The van der Waals surface area contributed by atoms with Crippen LogP contribution in [-0.4, -0.2) is 55.5 Å². The third kappa shape index (κ3) is 6.01. The molecule has 1 aromatic carbocycles. The van der Waals surface area contributed by atoms with Crippen molar-refractivity contribution in [3.05, 3.63) is 35.4 Å². The highest BCUT2D eigenvalue weighted by atomic mass is 19.4. The van der Waals surface area contributed by atoms with Gasteiger partial charge in [-0.3, -0.25) is 0 Å². The van der Waals surface area contributed by atoms with Crippen LogP contribution >= 0.6 is 0 Å². The number of nitrogens with one attached hydrogen (secondary N) is 1. The van der Waals surface area contributed by atoms with Crippen LogP contribution < -0.4 is 5.32 Å². The summed E-state index contributed by atoms with van der Waals surface area (Å²) in [5.74, 6) is -0.300. The lowest BCUT2D eigenvalue weighted by Gasteiger charge is -2.36. The Kier molecular flexibility index (Phi) is 7.50. The quantitative estimate of drug-likeness (QED) is 0.709. The molecule has 28 heavy (non-hydrogen) atoms. The van der Waals surface area contributed by atoms with Crippen LogP contribution in [0.1, 0.15) is 30.1 Å². The summed E-state index contributed by atoms with van der Waals surface area (Å²) in [4.78, 5) is 23.6. The van der Waals surface area contributed by atoms with Crippen LogP contribution in [0.4, 0.5) is 22.8 Å². The topological polar surface area (TPSA) is 88.1 Å². The number of methoxy groups -OCH3 is 1. The highest BCUT2D eigenvalue weighted by Crippen LogP contribution is 2.36. The fraction of sp³-hybridized carbons (Fsp3) is 0.556. The second kappa shape index (κ2) is 9.63. The molecule has 1 fully saturated rings. The number of rotatable bonds is 6. The maximum absolute atomic E-state index is 13.1. The lowest BCUT2D eigenvalue weighted by atomic mass is 9.88. The average molecular weight is 404 g/mol. The Morgan fingerprint density at radius 3 is 2.79 bits per heavy atom. The van der Waals surface area contributed by atoms with Gasteiger partial charge in [-0.1, -0.05) is 12.1 Å². The van der Waals surface area contributed by atoms with E-state index >= 15 is 0 Å². The van der Waals surface area contributed by atoms with E-state index in [4.69, 9.17) is 4.74 Å². The van der Waals surface area contributed by atoms with E-state index in [9.17, 15) is 27.9 Å². The number of nitrogens with zero attached hydrogens (tertiary/aromatic N) is 1. The number of alkyl carbamates (subject to hydrolysis) is 1. The Labute approximate surface area is 160 Å². The van der Waals surface area contributed by atoms with Gasteiger partial charge in [-0.05, 0) is 30.5 Å². The van der Waals surface area contributed by atoms with Crippen LogP contribution in [-0.2, 0) is 15.7 Å². The molecule has 2 amide bonds. The van der Waals surface area contributed by atoms with Crippen molar-refractivity contribution in [1.29, 1.82) is 0 Å². The molecule has 1 aliphatic heterocycles. The van der Waals surface area contributed by atoms with E-state index in [0.29, 0.717) is 24.9 Å². The van der Waals surface area contributed by atoms with Crippen LogP contribution in [0.15, 0.2) is 24.3 Å². The zero-order valence-electron chi connectivity index (χ0n) is 15.4. The maximum atomic E-state index is 13.1. The second-order valence-electron chi connectivity index (χ2n) is 6.46. The summed E-state index contributed by atoms with van der Waals surface area (Å²) in [6.45, 7) is 0.697. The minimum Gasteiger partial charge on any atom is -0.465 e. The highest BCUT2D eigenvalue weighted by molar-refractivity contribution is 5.66. The summed E-state index contributed by atoms with van der Waals surface area (Å²) >= 11 is 0. The van der Waals surface area contributed by atoms with E-state index in [2.05, 4.69) is 10.1 Å². The molecule has 7 nitrogen and oxygen atoms in total. The lowest BCUT2D eigenvalue weighted by molar-refractivity contribution is -0.137. The molecule has 1 aliphatic rings. The number of carbonyl (C=O) groups is 2. The number of piperidine rings is 1. The molecular weight excluding hydrogens is 381 g/mol. The number of hydrogen-bond acceptors (Lipinski definition) is 4. The van der Waals surface area contributed by atoms with Gasteiger partial charge < -0.3 is 24.8 Å². The monoisotopic (exact) mass is 404 g/mol. The van der Waals surface area contributed by atoms with E-state index < -0.39 is 30.0 Å². The number of likely N-dealkylation sites (tertiary alicyclic amines) is 1. The maximum Gasteiger partial charge on any atom is 0.416 e. The number of carbonyl (C=O) groups excluding carboxylic acids is 1. The van der Waals surface area contributed by atoms with Gasteiger partial charge in [0.1, 0.15) is 0 Å². The predicted octanol–water partition coefficient (Wildman–Crippen LogP) is 3.51. The average Bonchev–Trinajstić information content (AvgIpc) is 2.67. The molecule has 2 unspecified atom stereocenters. The third-order valence-electron chi connectivity index (χ3n) is 4.55. The summed E-state index contributed by atoms with van der Waals surface area (Å²) in [7, 11) is 1.21. The summed E-state index contributed by atoms with van der Waals surface area (Å²) in [6, 6.07) is 4.84. The fourth-order valence-electron chi connectivity index (χ4n) is 3.24. The third-order valence-corrected chi connectivity index (χ3v) is 4.55. The van der Waals surface area contributed by atoms with Gasteiger partial charge in [-0.25, -0.2) is 9.59 Å². The summed E-state index contributed by atoms with van der Waals surface area (Å²) in [5.41, 5.74) is -0.470. The lowest BCUT2D eigenvalue weighted by Crippen LogP contribution is -2.41. The summed E-state index contributed by atoms with van der Waals surface area (Å²) in [5, 5.41) is 11.7. The fourth-order valence-corrected chi connectivity index (χ4v) is 3.24. The molecule has 0 saturated carbocycles. The first-order chi connectivity index (χ1) is 13.2. The SMILES string of the molecule is COC(=O)NCCOC(c1cccc(C(F)(F)F)c1)C1CCCN(C(=O)O)C1. The van der Waals surface area contributed by atoms with Crippen molar-refractivity contribution in [3.63, 3.8) is 0 Å². The first-order valence-corrected chi connectivity index (χ1v) is 8.81. The predicted molar refractivity (Wildman–Crippen MR) is 92.9 cm³/mol. The van der Waals surface area contributed by atoms with E-state index in [1.807, 2.05) is 0 Å². The molecule has 0 aliphatic carbocycles. The normalized spacial score (nSPS) is 18.4. The molecule has 0 spiro atoms. The molecule has 10 heteroatoms. The van der Waals surface area contributed by atoms with Gasteiger partial charge in [0.2, 0.25) is 0 Å². The van der Waals surface area contributed by atoms with Crippen molar-refractivity contribution >= 4 is 12.2 Å². The van der Waals surface area contributed by atoms with Crippen LogP contribution in [0, 0.1) is 5.92 Å². The van der Waals surface area contributed by atoms with Crippen LogP contribution in [0.5, 0.6) is 0 Å². The smallest absolute Gasteiger partial charge is 0.416 e. The van der Waals surface area contributed by atoms with E-state index in [0.717, 1.165) is 12.1 Å². The van der Waals surface area contributed by atoms with Crippen LogP contribution in [0.25, 0.3) is 0 Å². The van der Waals surface area contributed by atoms with Crippen molar-refractivity contribution < 1.29 is 37.3 Å². The Hall–Kier alpha value is -2.49. The molecule has 2 atom stereocenters. The molecule has 2 N–H and O–H groups in total. The van der Waals surface area contributed by atoms with Gasteiger partial charge in [0.05, 0.1) is 25.4 Å². The minimum atomic E-state index is -4.49. The molecule has 1 saturated heterocycles. The Bertz CT molecular complexity index is 683.